The van der Waals surface area contributed by atoms with Crippen molar-refractivity contribution in [3.63, 3.8) is 0 Å². The van der Waals surface area contributed by atoms with Gasteiger partial charge in [-0.1, -0.05) is 40.3 Å². The Hall–Kier alpha value is -5.65. The molecule has 0 saturated carbocycles. The number of nitrogens with zero attached hydrogens (tertiary/aromatic N) is 7. The van der Waals surface area contributed by atoms with Crippen LogP contribution in [0.5, 0.6) is 0 Å². The minimum absolute atomic E-state index is 0.0889. The second kappa shape index (κ2) is 22.0. The van der Waals surface area contributed by atoms with Crippen molar-refractivity contribution < 1.29 is 33.4 Å². The zero-order valence-electron chi connectivity index (χ0n) is 41.9. The van der Waals surface area contributed by atoms with Gasteiger partial charge in [0.25, 0.3) is 5.91 Å². The van der Waals surface area contributed by atoms with Gasteiger partial charge in [0, 0.05) is 99.4 Å². The van der Waals surface area contributed by atoms with Gasteiger partial charge in [-0.25, -0.2) is 15.2 Å². The Bertz CT molecular complexity index is 2530. The van der Waals surface area contributed by atoms with Crippen LogP contribution in [0.15, 0.2) is 54.6 Å². The van der Waals surface area contributed by atoms with Gasteiger partial charge < -0.3 is 34.1 Å². The number of thiazole rings is 1. The number of aryl methyl sites for hydroxylation is 1. The summed E-state index contributed by atoms with van der Waals surface area (Å²) in [5.74, 6) is -1.35. The molecule has 7 rings (SSSR count). The smallest absolute Gasteiger partial charge is 0.324 e. The van der Waals surface area contributed by atoms with Crippen LogP contribution < -0.4 is 10.7 Å². The predicted molar refractivity (Wildman–Crippen MR) is 268 cm³/mol. The van der Waals surface area contributed by atoms with E-state index in [0.29, 0.717) is 62.9 Å². The average Bonchev–Trinajstić information content (AvgIpc) is 3.94. The molecule has 1 aromatic carbocycles. The maximum Gasteiger partial charge on any atom is 0.324 e. The number of hydrazine groups is 1. The molecule has 16 nitrogen and oxygen atoms in total. The number of likely N-dealkylation sites (N-methyl/N-ethyl adjacent to an activating group) is 2. The molecule has 4 atom stereocenters. The number of benzene rings is 1. The molecule has 0 radical (unpaired) electrons. The number of hydrogen-bond donors (Lipinski definition) is 2. The number of aromatic nitrogens is 3. The average molecular weight is 966 g/mol. The lowest BCUT2D eigenvalue weighted by atomic mass is 9.84. The summed E-state index contributed by atoms with van der Waals surface area (Å²) in [6, 6.07) is 7.45. The van der Waals surface area contributed by atoms with Gasteiger partial charge in [-0.15, -0.1) is 11.3 Å². The number of piperidine rings is 1. The molecular formula is C52H71N9O7S. The summed E-state index contributed by atoms with van der Waals surface area (Å²) >= 11 is 1.42. The topological polar surface area (TPSA) is 172 Å². The van der Waals surface area contributed by atoms with E-state index < -0.39 is 41.3 Å². The van der Waals surface area contributed by atoms with E-state index in [9.17, 15) is 24.0 Å². The van der Waals surface area contributed by atoms with Gasteiger partial charge in [-0.3, -0.25) is 29.2 Å². The Morgan fingerprint density at radius 3 is 2.55 bits per heavy atom. The second-order valence-corrected chi connectivity index (χ2v) is 21.0. The number of urea groups is 1. The van der Waals surface area contributed by atoms with E-state index in [4.69, 9.17) is 19.4 Å². The van der Waals surface area contributed by atoms with Gasteiger partial charge in [0.05, 0.1) is 34.8 Å². The van der Waals surface area contributed by atoms with Crippen LogP contribution in [-0.2, 0) is 48.0 Å². The highest BCUT2D eigenvalue weighted by atomic mass is 32.1. The Morgan fingerprint density at radius 2 is 1.86 bits per heavy atom. The SMILES string of the molecule is C=CC(=O)N(C)CCC1CCN(C(=O)N(C)C(C(=O)N[C@H]2Cc3nc(cs3)-c3ccc4c(c3)c(c(-c3cccnc3[C@H](C)OC)n4CC)CC(C)(C)COC(=O)[C@@H]3CCCN(N3)C2=O)C(C)C)CC1. The molecule has 2 saturated heterocycles. The molecule has 5 amide bonds. The highest BCUT2D eigenvalue weighted by Crippen LogP contribution is 2.42. The molecule has 6 heterocycles. The summed E-state index contributed by atoms with van der Waals surface area (Å²) in [5.41, 5.74) is 9.31. The Morgan fingerprint density at radius 1 is 1.10 bits per heavy atom. The minimum Gasteiger partial charge on any atom is -0.464 e. The molecule has 3 aromatic heterocycles. The van der Waals surface area contributed by atoms with E-state index in [1.807, 2.05) is 32.2 Å². The molecule has 2 N–H and O–H groups in total. The molecule has 6 bridgehead atoms. The molecule has 3 aliphatic rings. The van der Waals surface area contributed by atoms with Crippen LogP contribution in [0.2, 0.25) is 0 Å². The Balaban J connectivity index is 1.20. The Kier molecular flexibility index (Phi) is 16.3. The van der Waals surface area contributed by atoms with Crippen molar-refractivity contribution in [1.29, 1.82) is 0 Å². The fourth-order valence-corrected chi connectivity index (χ4v) is 11.0. The first kappa shape index (κ1) is 51.2. The van der Waals surface area contributed by atoms with E-state index >= 15 is 0 Å². The van der Waals surface area contributed by atoms with Gasteiger partial charge in [0.15, 0.2) is 0 Å². The van der Waals surface area contributed by atoms with E-state index in [-0.39, 0.29) is 37.0 Å². The summed E-state index contributed by atoms with van der Waals surface area (Å²) in [5, 5.41) is 8.18. The maximum absolute atomic E-state index is 14.7. The molecule has 3 aliphatic heterocycles. The third-order valence-corrected chi connectivity index (χ3v) is 15.0. The second-order valence-electron chi connectivity index (χ2n) is 20.0. The van der Waals surface area contributed by atoms with Crippen molar-refractivity contribution in [2.75, 3.05) is 54.0 Å². The van der Waals surface area contributed by atoms with E-state index in [0.717, 1.165) is 63.9 Å². The lowest BCUT2D eigenvalue weighted by molar-refractivity contribution is -0.155. The molecule has 0 spiro atoms. The number of methoxy groups -OCH3 is 1. The van der Waals surface area contributed by atoms with Crippen LogP contribution >= 0.6 is 11.3 Å². The number of rotatable bonds is 12. The molecule has 69 heavy (non-hydrogen) atoms. The molecule has 0 aliphatic carbocycles. The summed E-state index contributed by atoms with van der Waals surface area (Å²) < 4.78 is 14.3. The van der Waals surface area contributed by atoms with Gasteiger partial charge in [0.2, 0.25) is 11.8 Å². The first-order chi connectivity index (χ1) is 32.9. The first-order valence-corrected chi connectivity index (χ1v) is 25.3. The number of carbonyl (C=O) groups excluding carboxylic acids is 5. The molecule has 372 valence electrons. The number of likely N-dealkylation sites (tertiary alicyclic amines) is 1. The number of fused-ring (bicyclic) bond motifs is 6. The third-order valence-electron chi connectivity index (χ3n) is 14.1. The number of hydrogen-bond acceptors (Lipinski definition) is 11. The van der Waals surface area contributed by atoms with E-state index in [2.05, 4.69) is 66.9 Å². The quantitative estimate of drug-likeness (QED) is 0.111. The van der Waals surface area contributed by atoms with Gasteiger partial charge in [0.1, 0.15) is 18.1 Å². The van der Waals surface area contributed by atoms with Crippen LogP contribution in [0.4, 0.5) is 4.79 Å². The molecule has 1 unspecified atom stereocenters. The van der Waals surface area contributed by atoms with Crippen molar-refractivity contribution in [3.8, 4) is 22.5 Å². The van der Waals surface area contributed by atoms with Crippen LogP contribution in [-0.4, -0.2) is 136 Å². The number of amides is 5. The summed E-state index contributed by atoms with van der Waals surface area (Å²) in [7, 11) is 5.10. The van der Waals surface area contributed by atoms with Crippen LogP contribution in [0.25, 0.3) is 33.4 Å². The number of nitrogens with one attached hydrogen (secondary N) is 2. The highest BCUT2D eigenvalue weighted by Gasteiger charge is 2.39. The number of pyridine rings is 1. The third kappa shape index (κ3) is 11.4. The lowest BCUT2D eigenvalue weighted by Crippen LogP contribution is -2.62. The number of carbonyl (C=O) groups is 5. The number of esters is 1. The predicted octanol–water partition coefficient (Wildman–Crippen LogP) is 7.03. The van der Waals surface area contributed by atoms with Crippen molar-refractivity contribution in [1.82, 2.24) is 45.0 Å². The molecule has 4 aromatic rings. The molecular weight excluding hydrogens is 895 g/mol. The summed E-state index contributed by atoms with van der Waals surface area (Å²) in [6.45, 7) is 18.5. The van der Waals surface area contributed by atoms with Crippen molar-refractivity contribution in [3.05, 3.63) is 70.8 Å². The highest BCUT2D eigenvalue weighted by molar-refractivity contribution is 7.10. The van der Waals surface area contributed by atoms with Crippen molar-refractivity contribution >= 4 is 52.0 Å². The fourth-order valence-electron chi connectivity index (χ4n) is 10.1. The Labute approximate surface area is 410 Å². The standard InChI is InChI=1S/C52H71N9O7S/c1-11-44(62)57(8)24-19-34-20-25-59(26-21-34)51(66)58(9)46(32(3)4)48(63)55-40-28-43-54-41(30-69-43)35-17-18-42-37(27-35)38(47(60(42)12-2)36-15-13-22-53-45(36)33(5)67-10)29-52(6,7)31-68-50(65)39-16-14-23-61(56-39)49(40)64/h11,13,15,17-18,22,27,30,32-34,39-40,46,56H,1,12,14,16,19-21,23-26,28-29,31H2,2-10H3,(H,55,63)/t33-,39-,40-,46?/m0/s1. The summed E-state index contributed by atoms with van der Waals surface area (Å²) in [4.78, 5) is 84.1. The molecule has 17 heteroatoms. The van der Waals surface area contributed by atoms with Crippen LogP contribution in [0.1, 0.15) is 96.0 Å². The molecule has 2 fully saturated rings. The van der Waals surface area contributed by atoms with E-state index in [1.165, 1.54) is 27.3 Å². The van der Waals surface area contributed by atoms with Crippen LogP contribution in [0.3, 0.4) is 0 Å². The zero-order valence-corrected chi connectivity index (χ0v) is 42.7. The van der Waals surface area contributed by atoms with Crippen LogP contribution in [0, 0.1) is 17.3 Å². The summed E-state index contributed by atoms with van der Waals surface area (Å²) in [6.07, 6.45) is 6.95. The largest absolute Gasteiger partial charge is 0.464 e. The van der Waals surface area contributed by atoms with Gasteiger partial charge >= 0.3 is 12.0 Å². The fraction of sp³-hybridized carbons (Fsp3) is 0.558. The monoisotopic (exact) mass is 966 g/mol. The normalized spacial score (nSPS) is 20.0. The van der Waals surface area contributed by atoms with Crippen molar-refractivity contribution in [2.24, 2.45) is 17.3 Å². The van der Waals surface area contributed by atoms with Crippen molar-refractivity contribution in [2.45, 2.75) is 117 Å². The van der Waals surface area contributed by atoms with Gasteiger partial charge in [-0.2, -0.15) is 0 Å². The minimum atomic E-state index is -1.07. The van der Waals surface area contributed by atoms with Gasteiger partial charge in [-0.05, 0) is 100 Å². The number of ether oxygens (including phenoxy) is 2. The first-order valence-electron chi connectivity index (χ1n) is 24.5. The van der Waals surface area contributed by atoms with E-state index in [1.54, 1.807) is 37.2 Å². The lowest BCUT2D eigenvalue weighted by Gasteiger charge is -2.39. The zero-order chi connectivity index (χ0) is 49.7. The maximum atomic E-state index is 14.7. The number of cyclic esters (lactones) is 1.